The minimum absolute atomic E-state index is 0.0113. The summed E-state index contributed by atoms with van der Waals surface area (Å²) < 4.78 is 60.6. The zero-order valence-corrected chi connectivity index (χ0v) is 38.2. The highest BCUT2D eigenvalue weighted by Gasteiger charge is 2.59. The van der Waals surface area contributed by atoms with Crippen molar-refractivity contribution in [3.05, 3.63) is 33.8 Å². The Kier molecular flexibility index (Phi) is 19.0. The summed E-state index contributed by atoms with van der Waals surface area (Å²) in [6, 6.07) is -3.54. The first kappa shape index (κ1) is 53.1. The molecule has 2 aliphatic rings. The summed E-state index contributed by atoms with van der Waals surface area (Å²) in [7, 11) is 5.48. The maximum absolute atomic E-state index is 14.7. The van der Waals surface area contributed by atoms with Gasteiger partial charge in [-0.1, -0.05) is 37.0 Å². The number of likely N-dealkylation sites (tertiary alicyclic amines) is 1. The minimum Gasteiger partial charge on any atom is -0.385 e. The van der Waals surface area contributed by atoms with Gasteiger partial charge in [0.2, 0.25) is 41.0 Å². The lowest BCUT2D eigenvalue weighted by Crippen LogP contribution is -2.61. The summed E-state index contributed by atoms with van der Waals surface area (Å²) in [4.78, 5) is 101. The molecular weight excluding hydrogens is 881 g/mol. The number of nitrogens with zero attached hydrogens (tertiary/aromatic N) is 4. The second-order valence-electron chi connectivity index (χ2n) is 16.8. The monoisotopic (exact) mass is 939 g/mol. The fraction of sp³-hybridized carbons (Fsp3) is 0.683. The molecular formula is C41H59Cl2F4N7O9. The molecule has 354 valence electrons. The Hall–Kier alpha value is -4.27. The van der Waals surface area contributed by atoms with Crippen LogP contribution < -0.4 is 16.0 Å². The topological polar surface area (TPSA) is 198 Å². The molecule has 1 aromatic carbocycles. The number of rotatable bonds is 12. The van der Waals surface area contributed by atoms with Crippen LogP contribution in [0.1, 0.15) is 71.8 Å². The molecule has 16 nitrogen and oxygen atoms in total. The smallest absolute Gasteiger partial charge is 0.385 e. The van der Waals surface area contributed by atoms with Crippen LogP contribution in [0.15, 0.2) is 18.2 Å². The predicted molar refractivity (Wildman–Crippen MR) is 224 cm³/mol. The van der Waals surface area contributed by atoms with Crippen LogP contribution in [0.25, 0.3) is 0 Å². The van der Waals surface area contributed by atoms with E-state index in [9.17, 15) is 56.2 Å². The molecule has 2 aliphatic heterocycles. The fourth-order valence-corrected chi connectivity index (χ4v) is 7.88. The van der Waals surface area contributed by atoms with Gasteiger partial charge in [-0.25, -0.2) is 4.39 Å². The van der Waals surface area contributed by atoms with Crippen molar-refractivity contribution < 1.29 is 61.0 Å². The summed E-state index contributed by atoms with van der Waals surface area (Å²) >= 11 is 12.7. The van der Waals surface area contributed by atoms with E-state index in [0.29, 0.717) is 17.0 Å². The number of methoxy groups -OCH3 is 1. The van der Waals surface area contributed by atoms with Gasteiger partial charge in [-0.05, 0) is 75.6 Å². The fourth-order valence-electron chi connectivity index (χ4n) is 7.49. The predicted octanol–water partition coefficient (Wildman–Crippen LogP) is 2.64. The second kappa shape index (κ2) is 22.6. The molecule has 2 fully saturated rings. The summed E-state index contributed by atoms with van der Waals surface area (Å²) in [5.41, 5.74) is -3.51. The first-order valence-corrected chi connectivity index (χ1v) is 21.3. The molecule has 4 N–H and O–H groups in total. The van der Waals surface area contributed by atoms with Crippen molar-refractivity contribution in [3.63, 3.8) is 0 Å². The number of halogens is 6. The standard InChI is InChI=1S/C41H59Cl2F4N7O9/c1-22(2)17-29-38(60)53(7)31(19-24-18-25(42)12-13-27(24)43)34(56)48-23(3)36(58)51(5)15-10-9-11-30(33(55)50-29)52(6)37(59)28(14-16-63-8)49-35(57)32-20-26(44)21-54(32)39(61)40(4,62)41(45,46)47/h12-13,18,22-23,26,28-32,62H,9-11,14-17,19-21H2,1-8H3,(H,48,56)(H,49,57)(H,50,55)/t23-,26-,28+,29+,30+,31+,32+,40-/m1/s1. The van der Waals surface area contributed by atoms with Crippen LogP contribution >= 0.6 is 23.2 Å². The van der Waals surface area contributed by atoms with E-state index in [1.54, 1.807) is 12.1 Å². The van der Waals surface area contributed by atoms with Gasteiger partial charge in [0.1, 0.15) is 42.4 Å². The van der Waals surface area contributed by atoms with Crippen molar-refractivity contribution in [2.75, 3.05) is 47.9 Å². The largest absolute Gasteiger partial charge is 0.426 e. The van der Waals surface area contributed by atoms with Gasteiger partial charge < -0.3 is 45.4 Å². The van der Waals surface area contributed by atoms with E-state index in [2.05, 4.69) is 16.0 Å². The molecule has 0 saturated carbocycles. The first-order valence-electron chi connectivity index (χ1n) is 20.6. The van der Waals surface area contributed by atoms with Crippen LogP contribution in [0, 0.1) is 5.92 Å². The van der Waals surface area contributed by atoms with Crippen LogP contribution in [-0.4, -0.2) is 168 Å². The summed E-state index contributed by atoms with van der Waals surface area (Å²) in [6.07, 6.45) is -7.80. The number of aliphatic hydroxyl groups is 1. The van der Waals surface area contributed by atoms with Gasteiger partial charge in [0.05, 0.1) is 6.54 Å². The number of amides is 7. The quantitative estimate of drug-likeness (QED) is 0.228. The molecule has 1 aromatic rings. The van der Waals surface area contributed by atoms with E-state index in [1.807, 2.05) is 13.8 Å². The number of nitrogens with one attached hydrogen (secondary N) is 3. The van der Waals surface area contributed by atoms with Crippen LogP contribution in [0.3, 0.4) is 0 Å². The summed E-state index contributed by atoms with van der Waals surface area (Å²) in [6.45, 7) is 4.43. The van der Waals surface area contributed by atoms with Crippen LogP contribution in [0.5, 0.6) is 0 Å². The number of benzene rings is 1. The molecule has 0 unspecified atom stereocenters. The Bertz CT molecular complexity index is 1840. The van der Waals surface area contributed by atoms with Crippen molar-refractivity contribution in [2.24, 2.45) is 5.92 Å². The highest BCUT2D eigenvalue weighted by atomic mass is 35.5. The van der Waals surface area contributed by atoms with Crippen molar-refractivity contribution in [1.82, 2.24) is 35.6 Å². The zero-order valence-electron chi connectivity index (χ0n) is 36.7. The van der Waals surface area contributed by atoms with E-state index in [4.69, 9.17) is 27.9 Å². The SMILES string of the molecule is COCC[C@H](NC(=O)[C@@H]1C[C@@H](F)CN1C(=O)[C@@](C)(O)C(F)(F)F)C(=O)N(C)[C@H]1CCCCN(C)C(=O)[C@@H](C)NC(=O)[C@H](Cc2cc(Cl)ccc2Cl)N(C)C(=O)[C@H](CC(C)C)NC1=O. The number of likely N-dealkylation sites (N-methyl/N-ethyl adjacent to an activating group) is 3. The maximum Gasteiger partial charge on any atom is 0.426 e. The third-order valence-electron chi connectivity index (χ3n) is 11.3. The van der Waals surface area contributed by atoms with Gasteiger partial charge in [0.25, 0.3) is 5.91 Å². The van der Waals surface area contributed by atoms with E-state index >= 15 is 0 Å². The lowest BCUT2D eigenvalue weighted by molar-refractivity contribution is -0.250. The lowest BCUT2D eigenvalue weighted by Gasteiger charge is -2.35. The van der Waals surface area contributed by atoms with Crippen molar-refractivity contribution in [2.45, 2.75) is 127 Å². The van der Waals surface area contributed by atoms with Gasteiger partial charge >= 0.3 is 6.18 Å². The van der Waals surface area contributed by atoms with Crippen molar-refractivity contribution in [3.8, 4) is 0 Å². The Balaban J connectivity index is 2.02. The molecule has 3 rings (SSSR count). The number of ether oxygens (including phenoxy) is 1. The number of hydrogen-bond donors (Lipinski definition) is 4. The van der Waals surface area contributed by atoms with E-state index in [-0.39, 0.29) is 68.0 Å². The molecule has 8 atom stereocenters. The molecule has 2 saturated heterocycles. The van der Waals surface area contributed by atoms with Gasteiger partial charge in [0, 0.05) is 64.3 Å². The van der Waals surface area contributed by atoms with Gasteiger partial charge in [-0.3, -0.25) is 33.6 Å². The summed E-state index contributed by atoms with van der Waals surface area (Å²) in [5, 5.41) is 18.5. The maximum atomic E-state index is 14.7. The Labute approximate surface area is 374 Å². The van der Waals surface area contributed by atoms with Crippen molar-refractivity contribution >= 4 is 64.6 Å². The van der Waals surface area contributed by atoms with Crippen molar-refractivity contribution in [1.29, 1.82) is 0 Å². The number of alkyl halides is 4. The second-order valence-corrected chi connectivity index (χ2v) is 17.6. The van der Waals surface area contributed by atoms with Gasteiger partial charge in [-0.15, -0.1) is 0 Å². The molecule has 2 heterocycles. The minimum atomic E-state index is -5.45. The average molecular weight is 941 g/mol. The molecule has 22 heteroatoms. The normalized spacial score (nSPS) is 25.0. The molecule has 63 heavy (non-hydrogen) atoms. The third kappa shape index (κ3) is 13.6. The van der Waals surface area contributed by atoms with Gasteiger partial charge in [-0.2, -0.15) is 13.2 Å². The molecule has 0 radical (unpaired) electrons. The molecule has 0 aliphatic carbocycles. The van der Waals surface area contributed by atoms with E-state index < -0.39 is 109 Å². The summed E-state index contributed by atoms with van der Waals surface area (Å²) in [5.74, 6) is -6.76. The third-order valence-corrected chi connectivity index (χ3v) is 11.9. The lowest BCUT2D eigenvalue weighted by atomic mass is 9.98. The van der Waals surface area contributed by atoms with Crippen LogP contribution in [-0.2, 0) is 44.7 Å². The number of carbonyl (C=O) groups excluding carboxylic acids is 7. The molecule has 7 amide bonds. The first-order chi connectivity index (χ1) is 29.2. The molecule has 0 spiro atoms. The Morgan fingerprint density at radius 3 is 2.30 bits per heavy atom. The highest BCUT2D eigenvalue weighted by molar-refractivity contribution is 6.33. The van der Waals surface area contributed by atoms with E-state index in [1.165, 1.54) is 46.1 Å². The number of carbonyl (C=O) groups is 7. The Morgan fingerprint density at radius 1 is 1.05 bits per heavy atom. The zero-order chi connectivity index (χ0) is 47.7. The number of hydrogen-bond acceptors (Lipinski definition) is 9. The van der Waals surface area contributed by atoms with Crippen LogP contribution in [0.2, 0.25) is 10.0 Å². The highest BCUT2D eigenvalue weighted by Crippen LogP contribution is 2.34. The molecule has 0 bridgehead atoms. The molecule has 0 aromatic heterocycles. The van der Waals surface area contributed by atoms with E-state index in [0.717, 1.165) is 9.80 Å². The average Bonchev–Trinajstić information content (AvgIpc) is 3.60. The Morgan fingerprint density at radius 2 is 1.70 bits per heavy atom. The van der Waals surface area contributed by atoms with Crippen LogP contribution in [0.4, 0.5) is 17.6 Å². The van der Waals surface area contributed by atoms with Gasteiger partial charge in [0.15, 0.2) is 0 Å².